The summed E-state index contributed by atoms with van der Waals surface area (Å²) in [6.07, 6.45) is 0.804. The molecule has 8 nitrogen and oxygen atoms in total. The normalized spacial score (nSPS) is 15.4. The lowest BCUT2D eigenvalue weighted by molar-refractivity contribution is -0.120. The van der Waals surface area contributed by atoms with Gasteiger partial charge in [0, 0.05) is 23.9 Å². The van der Waals surface area contributed by atoms with E-state index >= 15 is 0 Å². The fourth-order valence-electron chi connectivity index (χ4n) is 3.63. The van der Waals surface area contributed by atoms with E-state index in [0.717, 1.165) is 10.4 Å². The highest BCUT2D eigenvalue weighted by molar-refractivity contribution is 7.89. The molecule has 1 amide bonds. The molecule has 0 atom stereocenters. The second kappa shape index (κ2) is 10.0. The number of carbonyl (C=O) groups is 2. The summed E-state index contributed by atoms with van der Waals surface area (Å²) in [5.41, 5.74) is 1.19. The highest BCUT2D eigenvalue weighted by Gasteiger charge is 2.33. The number of nitrogens with one attached hydrogen (secondary N) is 1. The van der Waals surface area contributed by atoms with E-state index in [2.05, 4.69) is 5.32 Å². The quantitative estimate of drug-likeness (QED) is 0.608. The first-order valence-corrected chi connectivity index (χ1v) is 12.7. The van der Waals surface area contributed by atoms with Crippen LogP contribution in [-0.4, -0.2) is 51.4 Å². The van der Waals surface area contributed by atoms with Gasteiger partial charge in [-0.05, 0) is 63.4 Å². The van der Waals surface area contributed by atoms with E-state index < -0.39 is 16.0 Å². The first-order valence-electron chi connectivity index (χ1n) is 10.4. The number of sulfonamides is 1. The number of anilines is 1. The van der Waals surface area contributed by atoms with Crippen molar-refractivity contribution < 1.29 is 27.5 Å². The summed E-state index contributed by atoms with van der Waals surface area (Å²) in [5.74, 6) is -0.418. The Bertz CT molecular complexity index is 1080. The van der Waals surface area contributed by atoms with Gasteiger partial charge >= 0.3 is 5.97 Å². The molecule has 0 radical (unpaired) electrons. The van der Waals surface area contributed by atoms with E-state index in [4.69, 9.17) is 9.47 Å². The molecule has 1 saturated heterocycles. The predicted molar refractivity (Wildman–Crippen MR) is 123 cm³/mol. The number of amides is 1. The van der Waals surface area contributed by atoms with Gasteiger partial charge in [0.2, 0.25) is 15.9 Å². The van der Waals surface area contributed by atoms with Crippen LogP contribution in [0.3, 0.4) is 0 Å². The highest BCUT2D eigenvalue weighted by Crippen LogP contribution is 2.34. The minimum absolute atomic E-state index is 0.199. The van der Waals surface area contributed by atoms with E-state index in [9.17, 15) is 18.0 Å². The Kier molecular flexibility index (Phi) is 7.58. The van der Waals surface area contributed by atoms with Crippen LogP contribution in [-0.2, 0) is 19.6 Å². The topological polar surface area (TPSA) is 102 Å². The van der Waals surface area contributed by atoms with Crippen molar-refractivity contribution in [2.75, 3.05) is 32.1 Å². The Hall–Kier alpha value is -2.43. The van der Waals surface area contributed by atoms with Crippen molar-refractivity contribution in [2.24, 2.45) is 5.92 Å². The van der Waals surface area contributed by atoms with Crippen LogP contribution in [0.25, 0.3) is 0 Å². The number of carbonyl (C=O) groups excluding carboxylic acids is 2. The summed E-state index contributed by atoms with van der Waals surface area (Å²) < 4.78 is 37.4. The molecule has 2 aromatic rings. The Morgan fingerprint density at radius 2 is 1.78 bits per heavy atom. The maximum Gasteiger partial charge on any atom is 0.341 e. The Morgan fingerprint density at radius 1 is 1.16 bits per heavy atom. The molecule has 1 aliphatic heterocycles. The number of hydrogen-bond acceptors (Lipinski definition) is 7. The molecule has 0 unspecified atom stereocenters. The zero-order chi connectivity index (χ0) is 23.5. The van der Waals surface area contributed by atoms with Crippen LogP contribution in [0.4, 0.5) is 5.00 Å². The number of methoxy groups -OCH3 is 1. The summed E-state index contributed by atoms with van der Waals surface area (Å²) >= 11 is 1.34. The van der Waals surface area contributed by atoms with E-state index in [-0.39, 0.29) is 36.4 Å². The summed E-state index contributed by atoms with van der Waals surface area (Å²) in [6, 6.07) is 6.26. The standard InChI is InChI=1S/C22H28N2O6S2/c1-5-30-22(26)19-14(2)15(3)31-21(19)23-20(25)16-10-12-24(13-11-16)32(27,28)18-8-6-17(29-4)7-9-18/h6-9,16H,5,10-13H2,1-4H3,(H,23,25). The summed E-state index contributed by atoms with van der Waals surface area (Å²) in [4.78, 5) is 26.3. The lowest BCUT2D eigenvalue weighted by atomic mass is 9.97. The smallest absolute Gasteiger partial charge is 0.341 e. The highest BCUT2D eigenvalue weighted by atomic mass is 32.2. The molecule has 1 aromatic carbocycles. The molecule has 10 heteroatoms. The van der Waals surface area contributed by atoms with Gasteiger partial charge in [-0.3, -0.25) is 4.79 Å². The van der Waals surface area contributed by atoms with E-state index in [1.165, 1.54) is 34.9 Å². The Balaban J connectivity index is 1.66. The molecule has 1 fully saturated rings. The fraction of sp³-hybridized carbons (Fsp3) is 0.455. The maximum atomic E-state index is 12.9. The van der Waals surface area contributed by atoms with Gasteiger partial charge in [0.05, 0.1) is 24.2 Å². The minimum atomic E-state index is -3.63. The maximum absolute atomic E-state index is 12.9. The lowest BCUT2D eigenvalue weighted by Crippen LogP contribution is -2.41. The number of benzene rings is 1. The van der Waals surface area contributed by atoms with E-state index in [0.29, 0.717) is 29.2 Å². The number of ether oxygens (including phenoxy) is 2. The van der Waals surface area contributed by atoms with Crippen LogP contribution in [0.5, 0.6) is 5.75 Å². The van der Waals surface area contributed by atoms with Crippen LogP contribution >= 0.6 is 11.3 Å². The van der Waals surface area contributed by atoms with E-state index in [1.54, 1.807) is 19.1 Å². The third-order valence-electron chi connectivity index (χ3n) is 5.62. The van der Waals surface area contributed by atoms with Gasteiger partial charge in [0.25, 0.3) is 0 Å². The molecule has 1 aromatic heterocycles. The number of aryl methyl sites for hydroxylation is 1. The molecule has 1 aliphatic rings. The second-order valence-corrected chi connectivity index (χ2v) is 10.7. The van der Waals surface area contributed by atoms with Crippen molar-refractivity contribution in [3.05, 3.63) is 40.3 Å². The number of hydrogen-bond donors (Lipinski definition) is 1. The van der Waals surface area contributed by atoms with Crippen LogP contribution in [0.15, 0.2) is 29.2 Å². The molecule has 2 heterocycles. The van der Waals surface area contributed by atoms with Gasteiger partial charge in [-0.2, -0.15) is 4.31 Å². The van der Waals surface area contributed by atoms with Crippen LogP contribution in [0, 0.1) is 19.8 Å². The number of piperidine rings is 1. The fourth-order valence-corrected chi connectivity index (χ4v) is 6.15. The van der Waals surface area contributed by atoms with Gasteiger partial charge in [0.1, 0.15) is 10.8 Å². The lowest BCUT2D eigenvalue weighted by Gasteiger charge is -2.30. The zero-order valence-electron chi connectivity index (χ0n) is 18.6. The SMILES string of the molecule is CCOC(=O)c1c(NC(=O)C2CCN(S(=O)(=O)c3ccc(OC)cc3)CC2)sc(C)c1C. The van der Waals surface area contributed by atoms with Gasteiger partial charge in [0.15, 0.2) is 0 Å². The summed E-state index contributed by atoms with van der Waals surface area (Å²) in [6.45, 7) is 6.21. The minimum Gasteiger partial charge on any atom is -0.497 e. The third kappa shape index (κ3) is 4.97. The largest absolute Gasteiger partial charge is 0.497 e. The van der Waals surface area contributed by atoms with Crippen LogP contribution < -0.4 is 10.1 Å². The molecule has 0 aliphatic carbocycles. The first-order chi connectivity index (χ1) is 15.2. The van der Waals surface area contributed by atoms with Crippen molar-refractivity contribution in [3.63, 3.8) is 0 Å². The second-order valence-electron chi connectivity index (χ2n) is 7.55. The van der Waals surface area contributed by atoms with Gasteiger partial charge in [-0.1, -0.05) is 0 Å². The Morgan fingerprint density at radius 3 is 2.34 bits per heavy atom. The average molecular weight is 481 g/mol. The van der Waals surface area contributed by atoms with Crippen molar-refractivity contribution in [3.8, 4) is 5.75 Å². The number of esters is 1. The van der Waals surface area contributed by atoms with Gasteiger partial charge < -0.3 is 14.8 Å². The van der Waals surface area contributed by atoms with Crippen molar-refractivity contribution >= 4 is 38.2 Å². The summed E-state index contributed by atoms with van der Waals surface area (Å²) in [5, 5.41) is 3.36. The molecule has 1 N–H and O–H groups in total. The molecule has 174 valence electrons. The molecule has 32 heavy (non-hydrogen) atoms. The first kappa shape index (κ1) is 24.2. The van der Waals surface area contributed by atoms with Crippen LogP contribution in [0.2, 0.25) is 0 Å². The molecule has 0 bridgehead atoms. The van der Waals surface area contributed by atoms with Gasteiger partial charge in [-0.15, -0.1) is 11.3 Å². The number of thiophene rings is 1. The molecule has 3 rings (SSSR count). The van der Waals surface area contributed by atoms with Gasteiger partial charge in [-0.25, -0.2) is 13.2 Å². The van der Waals surface area contributed by atoms with Crippen molar-refractivity contribution in [1.29, 1.82) is 0 Å². The number of nitrogens with zero attached hydrogens (tertiary/aromatic N) is 1. The number of rotatable bonds is 7. The van der Waals surface area contributed by atoms with Crippen LogP contribution in [0.1, 0.15) is 40.6 Å². The molecular formula is C22H28N2O6S2. The average Bonchev–Trinajstić information content (AvgIpc) is 3.06. The monoisotopic (exact) mass is 480 g/mol. The third-order valence-corrected chi connectivity index (χ3v) is 8.66. The zero-order valence-corrected chi connectivity index (χ0v) is 20.3. The predicted octanol–water partition coefficient (Wildman–Crippen LogP) is 3.59. The van der Waals surface area contributed by atoms with E-state index in [1.807, 2.05) is 13.8 Å². The summed E-state index contributed by atoms with van der Waals surface area (Å²) in [7, 11) is -2.11. The Labute approximate surface area is 192 Å². The molecule has 0 saturated carbocycles. The molecular weight excluding hydrogens is 452 g/mol. The molecule has 0 spiro atoms. The van der Waals surface area contributed by atoms with Crippen molar-refractivity contribution in [1.82, 2.24) is 4.31 Å². The van der Waals surface area contributed by atoms with Crippen molar-refractivity contribution in [2.45, 2.75) is 38.5 Å².